The summed E-state index contributed by atoms with van der Waals surface area (Å²) < 4.78 is 5.52. The molecule has 1 aliphatic heterocycles. The van der Waals surface area contributed by atoms with E-state index >= 15 is 0 Å². The lowest BCUT2D eigenvalue weighted by molar-refractivity contribution is -0.117. The number of aromatic nitrogens is 1. The molecule has 1 saturated heterocycles. The third kappa shape index (κ3) is 2.92. The maximum atomic E-state index is 12.9. The molecule has 2 unspecified atom stereocenters. The van der Waals surface area contributed by atoms with Gasteiger partial charge in [-0.15, -0.1) is 11.8 Å². The van der Waals surface area contributed by atoms with Crippen molar-refractivity contribution in [1.82, 2.24) is 4.98 Å². The zero-order chi connectivity index (χ0) is 18.1. The SMILES string of the molecule is CCOc1ccc(N2C(=O)C(C)SC2c2ccnc3ccccc23)cc1. The molecule has 0 aliphatic carbocycles. The Morgan fingerprint density at radius 3 is 2.65 bits per heavy atom. The lowest BCUT2D eigenvalue weighted by atomic mass is 10.1. The third-order valence-corrected chi connectivity index (χ3v) is 5.86. The summed E-state index contributed by atoms with van der Waals surface area (Å²) in [5.41, 5.74) is 2.96. The lowest BCUT2D eigenvalue weighted by Gasteiger charge is -2.25. The van der Waals surface area contributed by atoms with E-state index in [-0.39, 0.29) is 16.5 Å². The second-order valence-electron chi connectivity index (χ2n) is 6.18. The van der Waals surface area contributed by atoms with Gasteiger partial charge in [-0.1, -0.05) is 18.2 Å². The van der Waals surface area contributed by atoms with Crippen LogP contribution in [0.25, 0.3) is 10.9 Å². The predicted octanol–water partition coefficient (Wildman–Crippen LogP) is 4.80. The average molecular weight is 364 g/mol. The summed E-state index contributed by atoms with van der Waals surface area (Å²) in [4.78, 5) is 19.2. The highest BCUT2D eigenvalue weighted by atomic mass is 32.2. The highest BCUT2D eigenvalue weighted by molar-refractivity contribution is 8.01. The van der Waals surface area contributed by atoms with Crippen molar-refractivity contribution in [2.24, 2.45) is 0 Å². The zero-order valence-corrected chi connectivity index (χ0v) is 15.6. The first kappa shape index (κ1) is 16.9. The van der Waals surface area contributed by atoms with Crippen molar-refractivity contribution in [1.29, 1.82) is 0 Å². The Morgan fingerprint density at radius 2 is 1.88 bits per heavy atom. The van der Waals surface area contributed by atoms with Gasteiger partial charge in [0.2, 0.25) is 5.91 Å². The molecule has 2 heterocycles. The van der Waals surface area contributed by atoms with Crippen molar-refractivity contribution in [3.63, 3.8) is 0 Å². The third-order valence-electron chi connectivity index (χ3n) is 4.53. The fourth-order valence-corrected chi connectivity index (χ4v) is 4.62. The smallest absolute Gasteiger partial charge is 0.241 e. The van der Waals surface area contributed by atoms with E-state index < -0.39 is 0 Å². The van der Waals surface area contributed by atoms with E-state index in [0.717, 1.165) is 27.9 Å². The van der Waals surface area contributed by atoms with E-state index in [1.165, 1.54) is 0 Å². The summed E-state index contributed by atoms with van der Waals surface area (Å²) in [5.74, 6) is 0.944. The molecule has 3 aromatic rings. The number of hydrogen-bond acceptors (Lipinski definition) is 4. The summed E-state index contributed by atoms with van der Waals surface area (Å²) in [6, 6.07) is 17.8. The number of carbonyl (C=O) groups excluding carboxylic acids is 1. The second kappa shape index (κ2) is 7.00. The van der Waals surface area contributed by atoms with Crippen LogP contribution in [0.4, 0.5) is 5.69 Å². The molecule has 26 heavy (non-hydrogen) atoms. The van der Waals surface area contributed by atoms with Crippen molar-refractivity contribution >= 4 is 34.3 Å². The Hall–Kier alpha value is -2.53. The molecule has 2 atom stereocenters. The minimum atomic E-state index is -0.0847. The highest BCUT2D eigenvalue weighted by Gasteiger charge is 2.40. The van der Waals surface area contributed by atoms with Crippen LogP contribution in [-0.2, 0) is 4.79 Å². The number of nitrogens with zero attached hydrogens (tertiary/aromatic N) is 2. The molecule has 1 aromatic heterocycles. The van der Waals surface area contributed by atoms with Gasteiger partial charge < -0.3 is 4.74 Å². The molecular weight excluding hydrogens is 344 g/mol. The molecule has 0 radical (unpaired) electrons. The number of para-hydroxylation sites is 1. The Labute approximate surface area is 157 Å². The number of hydrogen-bond donors (Lipinski definition) is 0. The maximum Gasteiger partial charge on any atom is 0.241 e. The van der Waals surface area contributed by atoms with Crippen LogP contribution in [0.5, 0.6) is 5.75 Å². The van der Waals surface area contributed by atoms with E-state index in [2.05, 4.69) is 11.1 Å². The van der Waals surface area contributed by atoms with Crippen LogP contribution in [0.1, 0.15) is 24.8 Å². The minimum Gasteiger partial charge on any atom is -0.494 e. The highest BCUT2D eigenvalue weighted by Crippen LogP contribution is 2.47. The number of thioether (sulfide) groups is 1. The molecule has 5 heteroatoms. The van der Waals surface area contributed by atoms with Gasteiger partial charge in [-0.2, -0.15) is 0 Å². The number of benzene rings is 2. The molecule has 4 nitrogen and oxygen atoms in total. The van der Waals surface area contributed by atoms with Gasteiger partial charge in [0.15, 0.2) is 0 Å². The second-order valence-corrected chi connectivity index (χ2v) is 7.61. The molecule has 0 saturated carbocycles. The van der Waals surface area contributed by atoms with Crippen LogP contribution >= 0.6 is 11.8 Å². The molecule has 1 amide bonds. The van der Waals surface area contributed by atoms with E-state index in [0.29, 0.717) is 6.61 Å². The fourth-order valence-electron chi connectivity index (χ4n) is 3.30. The van der Waals surface area contributed by atoms with Gasteiger partial charge in [0, 0.05) is 17.3 Å². The molecule has 0 spiro atoms. The summed E-state index contributed by atoms with van der Waals surface area (Å²) in [7, 11) is 0. The average Bonchev–Trinajstić information content (AvgIpc) is 2.97. The van der Waals surface area contributed by atoms with Crippen molar-refractivity contribution in [3.05, 3.63) is 66.4 Å². The van der Waals surface area contributed by atoms with Crippen molar-refractivity contribution < 1.29 is 9.53 Å². The minimum absolute atomic E-state index is 0.0663. The first-order chi connectivity index (χ1) is 12.7. The number of rotatable bonds is 4. The van der Waals surface area contributed by atoms with Gasteiger partial charge in [0.1, 0.15) is 11.1 Å². The fraction of sp³-hybridized carbons (Fsp3) is 0.238. The van der Waals surface area contributed by atoms with E-state index in [9.17, 15) is 4.79 Å². The van der Waals surface area contributed by atoms with Crippen molar-refractivity contribution in [2.75, 3.05) is 11.5 Å². The monoisotopic (exact) mass is 364 g/mol. The maximum absolute atomic E-state index is 12.9. The molecule has 1 aliphatic rings. The number of pyridine rings is 1. The standard InChI is InChI=1S/C21H20N2O2S/c1-3-25-16-10-8-15(9-11-16)23-20(24)14(2)26-21(23)18-12-13-22-19-7-5-4-6-17(18)19/h4-14,21H,3H2,1-2H3. The summed E-state index contributed by atoms with van der Waals surface area (Å²) in [5, 5.41) is 0.937. The molecule has 132 valence electrons. The number of ether oxygens (including phenoxy) is 1. The van der Waals surface area contributed by atoms with Crippen LogP contribution in [0.2, 0.25) is 0 Å². The number of amides is 1. The Bertz CT molecular complexity index is 937. The quantitative estimate of drug-likeness (QED) is 0.667. The number of fused-ring (bicyclic) bond motifs is 1. The predicted molar refractivity (Wildman–Crippen MR) is 107 cm³/mol. The normalized spacial score (nSPS) is 19.9. The van der Waals surface area contributed by atoms with Crippen LogP contribution in [0.15, 0.2) is 60.8 Å². The Balaban J connectivity index is 1.77. The summed E-state index contributed by atoms with van der Waals surface area (Å²) in [6.07, 6.45) is 1.82. The number of anilines is 1. The van der Waals surface area contributed by atoms with Crippen molar-refractivity contribution in [3.8, 4) is 5.75 Å². The van der Waals surface area contributed by atoms with Gasteiger partial charge in [-0.05, 0) is 55.8 Å². The molecule has 2 aromatic carbocycles. The molecular formula is C21H20N2O2S. The van der Waals surface area contributed by atoms with Gasteiger partial charge in [-0.3, -0.25) is 14.7 Å². The van der Waals surface area contributed by atoms with Crippen LogP contribution in [-0.4, -0.2) is 22.7 Å². The molecule has 4 rings (SSSR count). The van der Waals surface area contributed by atoms with E-state index in [4.69, 9.17) is 4.74 Å². The first-order valence-electron chi connectivity index (χ1n) is 8.74. The van der Waals surface area contributed by atoms with E-state index in [1.807, 2.05) is 73.5 Å². The Morgan fingerprint density at radius 1 is 1.12 bits per heavy atom. The van der Waals surface area contributed by atoms with Gasteiger partial charge in [-0.25, -0.2) is 0 Å². The molecule has 0 bridgehead atoms. The Kier molecular flexibility index (Phi) is 4.55. The van der Waals surface area contributed by atoms with Crippen molar-refractivity contribution in [2.45, 2.75) is 24.5 Å². The number of carbonyl (C=O) groups is 1. The molecule has 0 N–H and O–H groups in total. The first-order valence-corrected chi connectivity index (χ1v) is 9.68. The van der Waals surface area contributed by atoms with Crippen LogP contribution < -0.4 is 9.64 Å². The van der Waals surface area contributed by atoms with Gasteiger partial charge in [0.05, 0.1) is 17.4 Å². The molecule has 1 fully saturated rings. The zero-order valence-electron chi connectivity index (χ0n) is 14.8. The topological polar surface area (TPSA) is 42.4 Å². The van der Waals surface area contributed by atoms with Gasteiger partial charge in [0.25, 0.3) is 0 Å². The lowest BCUT2D eigenvalue weighted by Crippen LogP contribution is -2.30. The summed E-state index contributed by atoms with van der Waals surface area (Å²) in [6.45, 7) is 4.55. The van der Waals surface area contributed by atoms with Crippen LogP contribution in [0, 0.1) is 0 Å². The largest absolute Gasteiger partial charge is 0.494 e. The van der Waals surface area contributed by atoms with Gasteiger partial charge >= 0.3 is 0 Å². The van der Waals surface area contributed by atoms with E-state index in [1.54, 1.807) is 11.8 Å². The van der Waals surface area contributed by atoms with Crippen LogP contribution in [0.3, 0.4) is 0 Å². The summed E-state index contributed by atoms with van der Waals surface area (Å²) >= 11 is 1.68.